The molecule has 0 aromatic heterocycles. The van der Waals surface area contributed by atoms with E-state index in [1.54, 1.807) is 11.1 Å². The molecule has 14 heavy (non-hydrogen) atoms. The second-order valence-corrected chi connectivity index (χ2v) is 4.79. The molecule has 0 amide bonds. The molecule has 1 N–H and O–H groups in total. The zero-order valence-corrected chi connectivity index (χ0v) is 9.14. The lowest BCUT2D eigenvalue weighted by Gasteiger charge is -2.23. The van der Waals surface area contributed by atoms with E-state index >= 15 is 0 Å². The predicted molar refractivity (Wildman–Crippen MR) is 60.5 cm³/mol. The number of fused-ring (bicyclic) bond motifs is 1. The van der Waals surface area contributed by atoms with Crippen LogP contribution in [0.2, 0.25) is 0 Å². The summed E-state index contributed by atoms with van der Waals surface area (Å²) in [6, 6.07) is 8.87. The van der Waals surface area contributed by atoms with Crippen LogP contribution in [0.1, 0.15) is 24.5 Å². The average molecular weight is 189 g/mol. The maximum absolute atomic E-state index is 3.25. The molecule has 1 aromatic carbocycles. The third-order valence-electron chi connectivity index (χ3n) is 3.33. The van der Waals surface area contributed by atoms with Gasteiger partial charge < -0.3 is 5.32 Å². The Morgan fingerprint density at radius 3 is 2.29 bits per heavy atom. The van der Waals surface area contributed by atoms with Crippen LogP contribution in [0.3, 0.4) is 0 Å². The lowest BCUT2D eigenvalue weighted by atomic mass is 9.84. The molecule has 0 saturated heterocycles. The van der Waals surface area contributed by atoms with E-state index in [2.05, 4.69) is 36.5 Å². The zero-order chi connectivity index (χ0) is 10.0. The number of hydrogen-bond acceptors (Lipinski definition) is 1. The number of rotatable bonds is 3. The SMILES string of the molecule is CNCCC1(C)Cc2ccccc2C1. The van der Waals surface area contributed by atoms with Crippen LogP contribution >= 0.6 is 0 Å². The summed E-state index contributed by atoms with van der Waals surface area (Å²) in [6.07, 6.45) is 3.79. The molecule has 1 aliphatic rings. The number of hydrogen-bond donors (Lipinski definition) is 1. The molecule has 1 aromatic rings. The van der Waals surface area contributed by atoms with E-state index in [1.165, 1.54) is 19.3 Å². The maximum atomic E-state index is 3.25. The molecule has 0 bridgehead atoms. The van der Waals surface area contributed by atoms with Crippen LogP contribution in [0.5, 0.6) is 0 Å². The number of nitrogens with one attached hydrogen (secondary N) is 1. The summed E-state index contributed by atoms with van der Waals surface area (Å²) in [5.74, 6) is 0. The van der Waals surface area contributed by atoms with Gasteiger partial charge in [0.15, 0.2) is 0 Å². The van der Waals surface area contributed by atoms with Gasteiger partial charge in [-0.15, -0.1) is 0 Å². The van der Waals surface area contributed by atoms with Crippen LogP contribution in [0.25, 0.3) is 0 Å². The first-order valence-electron chi connectivity index (χ1n) is 5.45. The summed E-state index contributed by atoms with van der Waals surface area (Å²) in [5, 5.41) is 3.25. The summed E-state index contributed by atoms with van der Waals surface area (Å²) >= 11 is 0. The Balaban J connectivity index is 2.09. The minimum atomic E-state index is 0.493. The molecule has 0 unspecified atom stereocenters. The molecule has 2 rings (SSSR count). The minimum Gasteiger partial charge on any atom is -0.320 e. The van der Waals surface area contributed by atoms with Gasteiger partial charge in [-0.25, -0.2) is 0 Å². The fraction of sp³-hybridized carbons (Fsp3) is 0.538. The van der Waals surface area contributed by atoms with Crippen molar-refractivity contribution in [3.05, 3.63) is 35.4 Å². The highest BCUT2D eigenvalue weighted by atomic mass is 14.8. The van der Waals surface area contributed by atoms with Gasteiger partial charge in [0.25, 0.3) is 0 Å². The molecule has 0 saturated carbocycles. The molecular formula is C13H19N. The Hall–Kier alpha value is -0.820. The molecule has 1 aliphatic carbocycles. The van der Waals surface area contributed by atoms with Crippen LogP contribution in [-0.2, 0) is 12.8 Å². The van der Waals surface area contributed by atoms with Crippen LogP contribution < -0.4 is 5.32 Å². The summed E-state index contributed by atoms with van der Waals surface area (Å²) in [4.78, 5) is 0. The van der Waals surface area contributed by atoms with Gasteiger partial charge in [0, 0.05) is 0 Å². The summed E-state index contributed by atoms with van der Waals surface area (Å²) < 4.78 is 0. The molecule has 0 aliphatic heterocycles. The van der Waals surface area contributed by atoms with Gasteiger partial charge in [-0.3, -0.25) is 0 Å². The minimum absolute atomic E-state index is 0.493. The van der Waals surface area contributed by atoms with Gasteiger partial charge in [-0.05, 0) is 49.4 Å². The van der Waals surface area contributed by atoms with E-state index in [1.807, 2.05) is 7.05 Å². The quantitative estimate of drug-likeness (QED) is 0.770. The van der Waals surface area contributed by atoms with E-state index in [4.69, 9.17) is 0 Å². The smallest absolute Gasteiger partial charge is 0.00465 e. The van der Waals surface area contributed by atoms with Gasteiger partial charge in [0.1, 0.15) is 0 Å². The van der Waals surface area contributed by atoms with Crippen molar-refractivity contribution in [2.75, 3.05) is 13.6 Å². The predicted octanol–water partition coefficient (Wildman–Crippen LogP) is 2.40. The third-order valence-corrected chi connectivity index (χ3v) is 3.33. The standard InChI is InChI=1S/C13H19N/c1-13(7-8-14-2)9-11-5-3-4-6-12(11)10-13/h3-6,14H,7-10H2,1-2H3. The lowest BCUT2D eigenvalue weighted by Crippen LogP contribution is -2.22. The monoisotopic (exact) mass is 189 g/mol. The Labute approximate surface area is 86.5 Å². The van der Waals surface area contributed by atoms with Crippen LogP contribution in [0, 0.1) is 5.41 Å². The first-order chi connectivity index (χ1) is 6.73. The van der Waals surface area contributed by atoms with Crippen molar-refractivity contribution in [1.82, 2.24) is 5.32 Å². The highest BCUT2D eigenvalue weighted by molar-refractivity contribution is 5.33. The Morgan fingerprint density at radius 2 is 1.79 bits per heavy atom. The van der Waals surface area contributed by atoms with E-state index in [0.29, 0.717) is 5.41 Å². The third kappa shape index (κ3) is 1.83. The van der Waals surface area contributed by atoms with Crippen molar-refractivity contribution in [2.45, 2.75) is 26.2 Å². The maximum Gasteiger partial charge on any atom is -0.00465 e. The zero-order valence-electron chi connectivity index (χ0n) is 9.14. The molecule has 1 nitrogen and oxygen atoms in total. The number of benzene rings is 1. The first kappa shape index (κ1) is 9.72. The van der Waals surface area contributed by atoms with Crippen molar-refractivity contribution in [3.63, 3.8) is 0 Å². The van der Waals surface area contributed by atoms with E-state index < -0.39 is 0 Å². The van der Waals surface area contributed by atoms with Gasteiger partial charge in [0.05, 0.1) is 0 Å². The fourth-order valence-corrected chi connectivity index (χ4v) is 2.49. The summed E-state index contributed by atoms with van der Waals surface area (Å²) in [5.41, 5.74) is 3.62. The van der Waals surface area contributed by atoms with Crippen molar-refractivity contribution < 1.29 is 0 Å². The van der Waals surface area contributed by atoms with Gasteiger partial charge >= 0.3 is 0 Å². The van der Waals surface area contributed by atoms with Crippen molar-refractivity contribution in [1.29, 1.82) is 0 Å². The van der Waals surface area contributed by atoms with Crippen molar-refractivity contribution >= 4 is 0 Å². The normalized spacial score (nSPS) is 18.1. The molecular weight excluding hydrogens is 170 g/mol. The van der Waals surface area contributed by atoms with Gasteiger partial charge in [-0.1, -0.05) is 31.2 Å². The molecule has 1 heteroatoms. The summed E-state index contributed by atoms with van der Waals surface area (Å²) in [6.45, 7) is 3.54. The van der Waals surface area contributed by atoms with E-state index in [-0.39, 0.29) is 0 Å². The summed E-state index contributed by atoms with van der Waals surface area (Å²) in [7, 11) is 2.03. The first-order valence-corrected chi connectivity index (χ1v) is 5.45. The van der Waals surface area contributed by atoms with Gasteiger partial charge in [0.2, 0.25) is 0 Å². The highest BCUT2D eigenvalue weighted by Crippen LogP contribution is 2.38. The highest BCUT2D eigenvalue weighted by Gasteiger charge is 2.31. The van der Waals surface area contributed by atoms with Gasteiger partial charge in [-0.2, -0.15) is 0 Å². The van der Waals surface area contributed by atoms with Crippen molar-refractivity contribution in [2.24, 2.45) is 5.41 Å². The molecule has 0 heterocycles. The fourth-order valence-electron chi connectivity index (χ4n) is 2.49. The molecule has 0 fully saturated rings. The topological polar surface area (TPSA) is 12.0 Å². The van der Waals surface area contributed by atoms with E-state index in [9.17, 15) is 0 Å². The average Bonchev–Trinajstić information content (AvgIpc) is 2.51. The second kappa shape index (κ2) is 3.74. The van der Waals surface area contributed by atoms with E-state index in [0.717, 1.165) is 6.54 Å². The Kier molecular flexibility index (Phi) is 2.60. The van der Waals surface area contributed by atoms with Crippen LogP contribution in [0.4, 0.5) is 0 Å². The second-order valence-electron chi connectivity index (χ2n) is 4.79. The van der Waals surface area contributed by atoms with Crippen molar-refractivity contribution in [3.8, 4) is 0 Å². The molecule has 0 atom stereocenters. The Morgan fingerprint density at radius 1 is 1.21 bits per heavy atom. The van der Waals surface area contributed by atoms with Crippen LogP contribution in [0.15, 0.2) is 24.3 Å². The molecule has 0 radical (unpaired) electrons. The molecule has 0 spiro atoms. The van der Waals surface area contributed by atoms with Crippen LogP contribution in [-0.4, -0.2) is 13.6 Å². The lowest BCUT2D eigenvalue weighted by molar-refractivity contribution is 0.314. The molecule has 76 valence electrons. The Bertz CT molecular complexity index is 292. The largest absolute Gasteiger partial charge is 0.320 e.